The predicted octanol–water partition coefficient (Wildman–Crippen LogP) is 24.4. The van der Waals surface area contributed by atoms with Crippen molar-refractivity contribution >= 4 is 47.3 Å². The molecule has 17 rings (SSSR count). The molecule has 34 atom stereocenters. The Kier molecular flexibility index (Phi) is 39.3. The summed E-state index contributed by atoms with van der Waals surface area (Å²) in [6.45, 7) is 100. The van der Waals surface area contributed by atoms with Gasteiger partial charge in [-0.1, -0.05) is 256 Å². The van der Waals surface area contributed by atoms with E-state index in [0.717, 1.165) is 324 Å². The topological polar surface area (TPSA) is 162 Å². The fourth-order valence-corrected chi connectivity index (χ4v) is 32.8. The lowest BCUT2D eigenvalue weighted by Crippen LogP contribution is -2.39. The summed E-state index contributed by atoms with van der Waals surface area (Å²) in [5.41, 5.74) is -1.67. The number of hydrogen-bond donors (Lipinski definition) is 0. The predicted molar refractivity (Wildman–Crippen MR) is 562 cm³/mol. The second kappa shape index (κ2) is 47.0. The molecule has 0 bridgehead atoms. The van der Waals surface area contributed by atoms with Gasteiger partial charge in [0.25, 0.3) is 0 Å². The molecule has 8 saturated heterocycles. The van der Waals surface area contributed by atoms with E-state index < -0.39 is 5.67 Å². The van der Waals surface area contributed by atoms with Crippen LogP contribution in [0.2, 0.25) is 0 Å². The zero-order chi connectivity index (χ0) is 102. The zero-order valence-corrected chi connectivity index (χ0v) is 95.3. The van der Waals surface area contributed by atoms with E-state index in [4.69, 9.17) is 0 Å². The van der Waals surface area contributed by atoms with Crippen molar-refractivity contribution in [1.29, 1.82) is 0 Å². The molecule has 9 saturated carbocycles. The fraction of sp³-hybridized carbons (Fsp3) is 0.933. The Balaban J connectivity index is 0.000000162. The molecule has 0 spiro atoms. The van der Waals surface area contributed by atoms with Crippen LogP contribution in [0, 0.1) is 265 Å². The Morgan fingerprint density at radius 2 is 0.416 bits per heavy atom. The van der Waals surface area contributed by atoms with Crippen molar-refractivity contribution in [3.63, 3.8) is 0 Å². The van der Waals surface area contributed by atoms with Crippen LogP contribution in [-0.2, 0) is 38.4 Å². The molecule has 16 nitrogen and oxygen atoms in total. The van der Waals surface area contributed by atoms with Crippen molar-refractivity contribution in [1.82, 2.24) is 39.2 Å². The maximum absolute atomic E-state index is 13.7. The van der Waals surface area contributed by atoms with Gasteiger partial charge in [0.2, 0.25) is 47.3 Å². The van der Waals surface area contributed by atoms with Crippen LogP contribution < -0.4 is 0 Å². The van der Waals surface area contributed by atoms with Crippen LogP contribution >= 0.6 is 0 Å². The Hall–Kier alpha value is -4.31. The van der Waals surface area contributed by atoms with Crippen molar-refractivity contribution in [3.05, 3.63) is 0 Å². The second-order valence-corrected chi connectivity index (χ2v) is 55.4. The Morgan fingerprint density at radius 3 is 0.569 bits per heavy atom. The highest BCUT2D eigenvalue weighted by Gasteiger charge is 2.61. The minimum Gasteiger partial charge on any atom is -0.342 e. The smallest absolute Gasteiger partial charge is 0.229 e. The summed E-state index contributed by atoms with van der Waals surface area (Å²) < 4.78 is 13.7. The maximum atomic E-state index is 13.7. The van der Waals surface area contributed by atoms with Gasteiger partial charge in [0, 0.05) is 147 Å². The van der Waals surface area contributed by atoms with Crippen LogP contribution in [0.25, 0.3) is 0 Å². The summed E-state index contributed by atoms with van der Waals surface area (Å²) in [7, 11) is 0. The number of carbonyl (C=O) groups excluding carboxylic acids is 8. The highest BCUT2D eigenvalue weighted by molar-refractivity contribution is 5.84. The number of hydrogen-bond acceptors (Lipinski definition) is 8. The van der Waals surface area contributed by atoms with Gasteiger partial charge in [0.05, 0.1) is 5.92 Å². The number of amides is 8. The van der Waals surface area contributed by atoms with Crippen LogP contribution in [0.15, 0.2) is 0 Å². The average molecular weight is 1920 g/mol. The minimum absolute atomic E-state index is 0.0766. The van der Waals surface area contributed by atoms with E-state index in [2.05, 4.69) is 200 Å². The van der Waals surface area contributed by atoms with Gasteiger partial charge < -0.3 is 39.2 Å². The summed E-state index contributed by atoms with van der Waals surface area (Å²) in [5.74, 6) is 34.2. The minimum atomic E-state index is -1.22. The first-order valence-corrected chi connectivity index (χ1v) is 57.7. The number of nitrogens with zero attached hydrogens (tertiary/aromatic N) is 8. The first-order valence-electron chi connectivity index (χ1n) is 57.7. The number of halogens is 1. The molecule has 17 heteroatoms. The van der Waals surface area contributed by atoms with Gasteiger partial charge in [0.15, 0.2) is 0 Å². The largest absolute Gasteiger partial charge is 0.342 e. The molecule has 0 aromatic rings. The molecule has 8 amide bonds. The van der Waals surface area contributed by atoms with E-state index in [1.54, 1.807) is 6.92 Å². The van der Waals surface area contributed by atoms with Crippen molar-refractivity contribution in [2.75, 3.05) is 105 Å². The number of likely N-dealkylation sites (tertiary alicyclic amines) is 8. The average Bonchev–Trinajstić information content (AvgIpc) is 1.60. The van der Waals surface area contributed by atoms with Crippen LogP contribution in [0.4, 0.5) is 4.39 Å². The standard InChI is InChI=1S/C16H26FNO.2C16H29NO.2C15H27NO.3C14H25NO/c1-9(2)12-5-11-7-18(8-13(11)10(12)3)15(19)14-6-16(14,4)17;2*1-10(2)13-7-12-8-17(9-14(12)11(13)3)15(18)16(4,5)6;2*1-9(2)13-6-12-7-16(15(17)10(3)4)8-14(12)11(13)5;3*1-5-14(16)15-7-11-6-12(9(2)3)10(4)13(11)8-15/h9-14H,5-8H2,1-4H3;2*10-14H,7-9H2,1-6H3;2*9-14H,6-8H2,1-5H3;3*9-13H,5-8H2,1-4H3. The van der Waals surface area contributed by atoms with Gasteiger partial charge in [-0.15, -0.1) is 0 Å². The quantitative estimate of drug-likeness (QED) is 0.166. The van der Waals surface area contributed by atoms with Gasteiger partial charge in [-0.25, -0.2) is 4.39 Å². The lowest BCUT2D eigenvalue weighted by Gasteiger charge is -2.29. The van der Waals surface area contributed by atoms with E-state index in [9.17, 15) is 42.7 Å². The molecule has 8 aliphatic heterocycles. The highest BCUT2D eigenvalue weighted by atomic mass is 19.1. The maximum Gasteiger partial charge on any atom is 0.229 e. The number of rotatable bonds is 14. The molecule has 137 heavy (non-hydrogen) atoms. The van der Waals surface area contributed by atoms with Crippen molar-refractivity contribution in [3.8, 4) is 0 Å². The summed E-state index contributed by atoms with van der Waals surface area (Å²) in [4.78, 5) is 113. The normalized spacial score (nSPS) is 38.9. The third kappa shape index (κ3) is 26.2. The van der Waals surface area contributed by atoms with E-state index in [1.165, 1.54) is 51.4 Å². The second-order valence-electron chi connectivity index (χ2n) is 55.4. The Labute approximate surface area is 840 Å². The molecule has 17 fully saturated rings. The van der Waals surface area contributed by atoms with Crippen LogP contribution in [0.5, 0.6) is 0 Å². The summed E-state index contributed by atoms with van der Waals surface area (Å²) >= 11 is 0. The first kappa shape index (κ1) is 115. The van der Waals surface area contributed by atoms with E-state index in [-0.39, 0.29) is 34.5 Å². The van der Waals surface area contributed by atoms with Crippen molar-refractivity contribution in [2.45, 2.75) is 346 Å². The Bertz CT molecular complexity index is 3690. The molecule has 34 unspecified atom stereocenters. The highest BCUT2D eigenvalue weighted by Crippen LogP contribution is 2.58. The summed E-state index contributed by atoms with van der Waals surface area (Å²) in [6, 6.07) is 0. The van der Waals surface area contributed by atoms with E-state index >= 15 is 0 Å². The van der Waals surface area contributed by atoms with Gasteiger partial charge in [0.1, 0.15) is 5.67 Å². The van der Waals surface area contributed by atoms with E-state index in [0.29, 0.717) is 84.8 Å². The van der Waals surface area contributed by atoms with Crippen molar-refractivity contribution < 1.29 is 42.7 Å². The molecule has 8 heterocycles. The first-order chi connectivity index (χ1) is 63.7. The lowest BCUT2D eigenvalue weighted by atomic mass is 9.84. The fourth-order valence-electron chi connectivity index (χ4n) is 32.8. The number of alkyl halides is 1. The van der Waals surface area contributed by atoms with Crippen LogP contribution in [0.1, 0.15) is 340 Å². The summed E-state index contributed by atoms with van der Waals surface area (Å²) in [5, 5.41) is 0. The molecular weight excluding hydrogens is 1700 g/mol. The third-order valence-electron chi connectivity index (χ3n) is 41.4. The monoisotopic (exact) mass is 1910 g/mol. The molecule has 9 aliphatic carbocycles. The molecule has 0 aromatic heterocycles. The lowest BCUT2D eigenvalue weighted by molar-refractivity contribution is -0.139. The van der Waals surface area contributed by atoms with Gasteiger partial charge in [-0.05, 0) is 301 Å². The molecule has 17 aliphatic rings. The zero-order valence-electron chi connectivity index (χ0n) is 95.3. The van der Waals surface area contributed by atoms with Crippen molar-refractivity contribution in [2.24, 2.45) is 265 Å². The molecule has 0 N–H and O–H groups in total. The van der Waals surface area contributed by atoms with Gasteiger partial charge >= 0.3 is 0 Å². The molecule has 0 aromatic carbocycles. The van der Waals surface area contributed by atoms with E-state index in [1.807, 2.05) is 94.9 Å². The molecular formula is C120H213FN8O8. The summed E-state index contributed by atoms with van der Waals surface area (Å²) in [6.07, 6.45) is 13.1. The Morgan fingerprint density at radius 1 is 0.263 bits per heavy atom. The van der Waals surface area contributed by atoms with Gasteiger partial charge in [-0.3, -0.25) is 38.4 Å². The van der Waals surface area contributed by atoms with Crippen LogP contribution in [-0.4, -0.2) is 197 Å². The van der Waals surface area contributed by atoms with Gasteiger partial charge in [-0.2, -0.15) is 0 Å². The molecule has 788 valence electrons. The SMILES string of the molecule is CC(C)C(=O)N1CC2CC(C(C)C)C(C)C2C1.CC(C)C(=O)N1CC2CC(C(C)C)C(C)C2C1.CC(C)C1CC2CN(C(=O)C(C)(C)C)CC2C1C.CC(C)C1CC2CN(C(=O)C(C)(C)C)CC2C1C.CC(C)C1CC2CN(C(=O)C3CC3(C)F)CC2C1C.CCC(=O)N1CC2CC(C(C)C)C(C)C2C1.CCC(=O)N1CC2CC(C(C)C)C(C)C2C1.CCC(=O)N1CC2CC(C(C)C)C(C)C2C1. The number of carbonyl (C=O) groups is 8. The number of fused-ring (bicyclic) bond motifs is 8. The molecule has 0 radical (unpaired) electrons. The van der Waals surface area contributed by atoms with Crippen LogP contribution in [0.3, 0.4) is 0 Å². The third-order valence-corrected chi connectivity index (χ3v) is 41.4.